The summed E-state index contributed by atoms with van der Waals surface area (Å²) < 4.78 is 27.1. The quantitative estimate of drug-likeness (QED) is 0.0360. The molecule has 0 fully saturated rings. The third kappa shape index (κ3) is 45.9. The molecular formula is C46H93O7P. The van der Waals surface area contributed by atoms with Gasteiger partial charge in [0.25, 0.3) is 0 Å². The van der Waals surface area contributed by atoms with E-state index in [4.69, 9.17) is 19.3 Å². The lowest BCUT2D eigenvalue weighted by Crippen LogP contribution is -2.28. The molecule has 0 aromatic rings. The second kappa shape index (κ2) is 43.7. The largest absolute Gasteiger partial charge is 0.469 e. The molecule has 54 heavy (non-hydrogen) atoms. The zero-order valence-electron chi connectivity index (χ0n) is 36.2. The zero-order valence-corrected chi connectivity index (χ0v) is 37.1. The zero-order chi connectivity index (χ0) is 39.5. The molecule has 0 aliphatic carbocycles. The van der Waals surface area contributed by atoms with Crippen molar-refractivity contribution >= 4 is 13.8 Å². The van der Waals surface area contributed by atoms with Crippen LogP contribution in [0.2, 0.25) is 0 Å². The van der Waals surface area contributed by atoms with Crippen LogP contribution < -0.4 is 0 Å². The van der Waals surface area contributed by atoms with Gasteiger partial charge in [-0.15, -0.1) is 0 Å². The maximum atomic E-state index is 12.4. The van der Waals surface area contributed by atoms with Crippen molar-refractivity contribution in [3.8, 4) is 0 Å². The fourth-order valence-corrected chi connectivity index (χ4v) is 7.75. The lowest BCUT2D eigenvalue weighted by molar-refractivity contribution is -0.154. The van der Waals surface area contributed by atoms with Crippen LogP contribution in [-0.2, 0) is 23.4 Å². The van der Waals surface area contributed by atoms with Gasteiger partial charge < -0.3 is 19.3 Å². The van der Waals surface area contributed by atoms with Crippen molar-refractivity contribution in [3.05, 3.63) is 0 Å². The molecular weight excluding hydrogens is 695 g/mol. The van der Waals surface area contributed by atoms with Gasteiger partial charge in [0.15, 0.2) is 0 Å². The Morgan fingerprint density at radius 2 is 0.704 bits per heavy atom. The van der Waals surface area contributed by atoms with E-state index in [1.165, 1.54) is 212 Å². The van der Waals surface area contributed by atoms with Gasteiger partial charge in [0, 0.05) is 13.0 Å². The molecule has 7 nitrogen and oxygen atoms in total. The SMILES string of the molecule is CCCCCCCCCCCCCCCCCCCCCCOC[C@H](COP(=O)(O)O)OC(=O)CCCCCCCCCCCCCCCCCCCC. The number of rotatable bonds is 46. The minimum Gasteiger partial charge on any atom is -0.457 e. The number of carbonyl (C=O) groups is 1. The van der Waals surface area contributed by atoms with Gasteiger partial charge in [0.2, 0.25) is 0 Å². The maximum Gasteiger partial charge on any atom is 0.469 e. The minimum atomic E-state index is -4.65. The van der Waals surface area contributed by atoms with Gasteiger partial charge in [-0.2, -0.15) is 0 Å². The predicted molar refractivity (Wildman–Crippen MR) is 230 cm³/mol. The minimum absolute atomic E-state index is 0.0873. The van der Waals surface area contributed by atoms with Crippen LogP contribution >= 0.6 is 7.82 Å². The molecule has 0 rings (SSSR count). The summed E-state index contributed by atoms with van der Waals surface area (Å²) in [6, 6.07) is 0. The predicted octanol–water partition coefficient (Wildman–Crippen LogP) is 15.3. The average Bonchev–Trinajstić information content (AvgIpc) is 3.15. The van der Waals surface area contributed by atoms with Crippen molar-refractivity contribution in [3.63, 3.8) is 0 Å². The Hall–Kier alpha value is -0.460. The molecule has 0 bridgehead atoms. The summed E-state index contributed by atoms with van der Waals surface area (Å²) in [5, 5.41) is 0. The van der Waals surface area contributed by atoms with Gasteiger partial charge in [-0.25, -0.2) is 4.57 Å². The molecule has 0 amide bonds. The van der Waals surface area contributed by atoms with Crippen LogP contribution in [0, 0.1) is 0 Å². The van der Waals surface area contributed by atoms with Gasteiger partial charge in [-0.05, 0) is 12.8 Å². The van der Waals surface area contributed by atoms with Crippen LogP contribution in [0.25, 0.3) is 0 Å². The Kier molecular flexibility index (Phi) is 43.3. The standard InChI is InChI=1S/C46H93O7P/c1-3-5-7-9-11-13-15-17-19-21-23-24-26-28-30-32-34-36-38-40-42-51-43-45(44-52-54(48,49)50)53-46(47)41-39-37-35-33-31-29-27-25-22-20-18-16-14-12-10-8-6-4-2/h45H,3-44H2,1-2H3,(H2,48,49,50)/t45-/m1/s1. The maximum absolute atomic E-state index is 12.4. The van der Waals surface area contributed by atoms with Crippen LogP contribution in [0.4, 0.5) is 0 Å². The summed E-state index contributed by atoms with van der Waals surface area (Å²) in [7, 11) is -4.65. The molecule has 0 spiro atoms. The number of phosphoric acid groups is 1. The molecule has 324 valence electrons. The molecule has 0 aromatic carbocycles. The lowest BCUT2D eigenvalue weighted by Gasteiger charge is -2.18. The monoisotopic (exact) mass is 789 g/mol. The average molecular weight is 789 g/mol. The Labute approximate surface area is 336 Å². The topological polar surface area (TPSA) is 102 Å². The van der Waals surface area contributed by atoms with Gasteiger partial charge >= 0.3 is 13.8 Å². The fourth-order valence-electron chi connectivity index (χ4n) is 7.39. The number of unbranched alkanes of at least 4 members (excludes halogenated alkanes) is 36. The third-order valence-corrected chi connectivity index (χ3v) is 11.4. The Bertz CT molecular complexity index is 789. The van der Waals surface area contributed by atoms with E-state index in [1.807, 2.05) is 0 Å². The van der Waals surface area contributed by atoms with Gasteiger partial charge in [0.1, 0.15) is 6.10 Å². The summed E-state index contributed by atoms with van der Waals surface area (Å²) >= 11 is 0. The van der Waals surface area contributed by atoms with Crippen LogP contribution in [0.3, 0.4) is 0 Å². The van der Waals surface area contributed by atoms with Crippen LogP contribution in [0.15, 0.2) is 0 Å². The van der Waals surface area contributed by atoms with Crippen molar-refractivity contribution in [2.75, 3.05) is 19.8 Å². The first-order valence-electron chi connectivity index (χ1n) is 23.9. The highest BCUT2D eigenvalue weighted by molar-refractivity contribution is 7.46. The molecule has 0 radical (unpaired) electrons. The first kappa shape index (κ1) is 53.5. The van der Waals surface area contributed by atoms with Gasteiger partial charge in [0.05, 0.1) is 13.2 Å². The highest BCUT2D eigenvalue weighted by atomic mass is 31.2. The highest BCUT2D eigenvalue weighted by Crippen LogP contribution is 2.36. The smallest absolute Gasteiger partial charge is 0.457 e. The molecule has 0 saturated heterocycles. The summed E-state index contributed by atoms with van der Waals surface area (Å²) in [6.07, 6.45) is 49.7. The lowest BCUT2D eigenvalue weighted by atomic mass is 10.0. The van der Waals surface area contributed by atoms with Crippen molar-refractivity contribution in [2.45, 2.75) is 270 Å². The number of phosphoric ester groups is 1. The summed E-state index contributed by atoms with van der Waals surface area (Å²) in [6.45, 7) is 4.82. The molecule has 0 unspecified atom stereocenters. The first-order valence-corrected chi connectivity index (χ1v) is 25.4. The normalized spacial score (nSPS) is 12.4. The van der Waals surface area contributed by atoms with E-state index in [2.05, 4.69) is 18.4 Å². The molecule has 0 saturated carbocycles. The van der Waals surface area contributed by atoms with E-state index in [9.17, 15) is 9.36 Å². The number of ether oxygens (including phenoxy) is 2. The molecule has 1 atom stereocenters. The second-order valence-corrected chi connectivity index (χ2v) is 17.7. The van der Waals surface area contributed by atoms with E-state index >= 15 is 0 Å². The molecule has 0 heterocycles. The van der Waals surface area contributed by atoms with Crippen molar-refractivity contribution in [1.29, 1.82) is 0 Å². The molecule has 2 N–H and O–H groups in total. The number of esters is 1. The summed E-state index contributed by atoms with van der Waals surface area (Å²) in [4.78, 5) is 30.7. The Balaban J connectivity index is 3.68. The molecule has 0 aliphatic heterocycles. The fraction of sp³-hybridized carbons (Fsp3) is 0.978. The van der Waals surface area contributed by atoms with Gasteiger partial charge in [-0.1, -0.05) is 245 Å². The van der Waals surface area contributed by atoms with Crippen molar-refractivity contribution in [2.24, 2.45) is 0 Å². The van der Waals surface area contributed by atoms with Crippen LogP contribution in [0.5, 0.6) is 0 Å². The second-order valence-electron chi connectivity index (χ2n) is 16.5. The molecule has 0 aromatic heterocycles. The van der Waals surface area contributed by atoms with Gasteiger partial charge in [-0.3, -0.25) is 9.32 Å². The van der Waals surface area contributed by atoms with Crippen molar-refractivity contribution < 1.29 is 33.1 Å². The summed E-state index contributed by atoms with van der Waals surface area (Å²) in [5.41, 5.74) is 0. The number of hydrogen-bond acceptors (Lipinski definition) is 5. The third-order valence-electron chi connectivity index (χ3n) is 10.9. The number of carbonyl (C=O) groups excluding carboxylic acids is 1. The molecule has 8 heteroatoms. The van der Waals surface area contributed by atoms with E-state index in [1.54, 1.807) is 0 Å². The van der Waals surface area contributed by atoms with Crippen molar-refractivity contribution in [1.82, 2.24) is 0 Å². The molecule has 0 aliphatic rings. The van der Waals surface area contributed by atoms with E-state index < -0.39 is 13.9 Å². The highest BCUT2D eigenvalue weighted by Gasteiger charge is 2.21. The first-order chi connectivity index (χ1) is 26.4. The Morgan fingerprint density at radius 3 is 1.00 bits per heavy atom. The summed E-state index contributed by atoms with van der Waals surface area (Å²) in [5.74, 6) is -0.354. The van der Waals surface area contributed by atoms with E-state index in [0.717, 1.165) is 32.1 Å². The van der Waals surface area contributed by atoms with E-state index in [-0.39, 0.29) is 19.2 Å². The van der Waals surface area contributed by atoms with Crippen LogP contribution in [-0.4, -0.2) is 41.7 Å². The number of hydrogen-bond donors (Lipinski definition) is 2. The van der Waals surface area contributed by atoms with Crippen LogP contribution in [0.1, 0.15) is 264 Å². The van der Waals surface area contributed by atoms with E-state index in [0.29, 0.717) is 13.0 Å². The Morgan fingerprint density at radius 1 is 0.426 bits per heavy atom.